The van der Waals surface area contributed by atoms with Gasteiger partial charge < -0.3 is 25.5 Å². The lowest BCUT2D eigenvalue weighted by Gasteiger charge is -2.32. The summed E-state index contributed by atoms with van der Waals surface area (Å²) < 4.78 is 48.6. The summed E-state index contributed by atoms with van der Waals surface area (Å²) in [6.07, 6.45) is 2.44. The second-order valence-electron chi connectivity index (χ2n) is 6.79. The van der Waals surface area contributed by atoms with E-state index >= 15 is 0 Å². The van der Waals surface area contributed by atoms with Gasteiger partial charge in [-0.3, -0.25) is 0 Å². The number of allylic oxidation sites excluding steroid dienone is 1. The van der Waals surface area contributed by atoms with Gasteiger partial charge in [-0.05, 0) is 42.8 Å². The Bertz CT molecular complexity index is 981. The first-order chi connectivity index (χ1) is 15.9. The molecular weight excluding hydrogens is 435 g/mol. The van der Waals surface area contributed by atoms with E-state index in [4.69, 9.17) is 15.9 Å². The fraction of sp³-hybridized carbons (Fsp3) is 0.348. The van der Waals surface area contributed by atoms with Crippen LogP contribution in [-0.4, -0.2) is 49.4 Å². The first-order valence-electron chi connectivity index (χ1n) is 10.5. The van der Waals surface area contributed by atoms with Crippen LogP contribution in [0, 0.1) is 11.2 Å². The number of anilines is 1. The molecular formula is C23H28F3N5O2. The number of benzene rings is 1. The van der Waals surface area contributed by atoms with Gasteiger partial charge in [0.05, 0.1) is 12.7 Å². The molecule has 2 heterocycles. The van der Waals surface area contributed by atoms with E-state index in [1.54, 1.807) is 6.07 Å². The Labute approximate surface area is 191 Å². The molecule has 0 saturated carbocycles. The Balaban J connectivity index is 0.00000187. The van der Waals surface area contributed by atoms with Crippen molar-refractivity contribution in [2.75, 3.05) is 24.6 Å². The number of halogens is 3. The van der Waals surface area contributed by atoms with E-state index in [9.17, 15) is 13.2 Å². The van der Waals surface area contributed by atoms with Crippen molar-refractivity contribution in [1.82, 2.24) is 4.98 Å². The van der Waals surface area contributed by atoms with Crippen LogP contribution < -0.4 is 15.4 Å². The molecule has 1 aromatic heterocycles. The summed E-state index contributed by atoms with van der Waals surface area (Å²) in [7, 11) is 0. The van der Waals surface area contributed by atoms with Gasteiger partial charge in [0.1, 0.15) is 17.4 Å². The number of aromatic nitrogens is 1. The number of nitrogens with two attached hydrogens (primary N) is 1. The zero-order chi connectivity index (χ0) is 24.4. The Morgan fingerprint density at radius 1 is 1.27 bits per heavy atom. The van der Waals surface area contributed by atoms with Crippen molar-refractivity contribution >= 4 is 29.3 Å². The maximum absolute atomic E-state index is 14.3. The molecule has 10 heteroatoms. The van der Waals surface area contributed by atoms with Crippen molar-refractivity contribution in [2.45, 2.75) is 33.5 Å². The lowest BCUT2D eigenvalue weighted by Crippen LogP contribution is -2.41. The fourth-order valence-corrected chi connectivity index (χ4v) is 3.05. The second-order valence-corrected chi connectivity index (χ2v) is 6.79. The summed E-state index contributed by atoms with van der Waals surface area (Å²) in [5.74, 6) is -0.314. The van der Waals surface area contributed by atoms with Gasteiger partial charge in [-0.2, -0.15) is 8.78 Å². The van der Waals surface area contributed by atoms with Crippen molar-refractivity contribution in [3.63, 3.8) is 0 Å². The molecule has 7 nitrogen and oxygen atoms in total. The lowest BCUT2D eigenvalue weighted by molar-refractivity contribution is -0.0498. The van der Waals surface area contributed by atoms with Crippen molar-refractivity contribution in [2.24, 2.45) is 10.7 Å². The molecule has 3 rings (SSSR count). The SMILES string of the molecule is CC.CC1CN(c2ccc(F)c(/N=C(N)/C=C(\C=N)c3ccc(OC(F)F)cc3)n2)CCO1. The van der Waals surface area contributed by atoms with Crippen LogP contribution in [0.4, 0.5) is 24.8 Å². The van der Waals surface area contributed by atoms with Gasteiger partial charge in [0.15, 0.2) is 11.6 Å². The van der Waals surface area contributed by atoms with E-state index in [1.807, 2.05) is 25.7 Å². The van der Waals surface area contributed by atoms with Crippen molar-refractivity contribution < 1.29 is 22.6 Å². The van der Waals surface area contributed by atoms with Crippen LogP contribution in [0.15, 0.2) is 47.5 Å². The maximum Gasteiger partial charge on any atom is 0.387 e. The number of morpholine rings is 1. The predicted molar refractivity (Wildman–Crippen MR) is 124 cm³/mol. The molecule has 0 amide bonds. The number of alkyl halides is 2. The number of nitrogens with zero attached hydrogens (tertiary/aromatic N) is 3. The summed E-state index contributed by atoms with van der Waals surface area (Å²) >= 11 is 0. The summed E-state index contributed by atoms with van der Waals surface area (Å²) in [6, 6.07) is 8.55. The van der Waals surface area contributed by atoms with Crippen LogP contribution in [0.3, 0.4) is 0 Å². The summed E-state index contributed by atoms with van der Waals surface area (Å²) in [6.45, 7) is 4.83. The Morgan fingerprint density at radius 2 is 1.97 bits per heavy atom. The van der Waals surface area contributed by atoms with E-state index < -0.39 is 12.4 Å². The standard InChI is InChI=1S/C21H22F3N5O2.C2H6/c1-13-12-29(8-9-30-13)19-7-6-17(22)20(28-19)27-18(26)10-15(11-25)14-2-4-16(5-3-14)31-21(23)24;1-2/h2-7,10-11,13,21,25H,8-9,12H2,1H3,(H2,26,27,28);1-2H3/b15-10+,25-11?;. The van der Waals surface area contributed by atoms with Gasteiger partial charge in [-0.25, -0.2) is 14.4 Å². The van der Waals surface area contributed by atoms with Gasteiger partial charge in [-0.1, -0.05) is 26.0 Å². The molecule has 2 aromatic rings. The zero-order valence-corrected chi connectivity index (χ0v) is 18.8. The Morgan fingerprint density at radius 3 is 2.58 bits per heavy atom. The molecule has 1 fully saturated rings. The summed E-state index contributed by atoms with van der Waals surface area (Å²) in [5.41, 5.74) is 6.82. The fourth-order valence-electron chi connectivity index (χ4n) is 3.05. The Hall–Kier alpha value is -3.40. The van der Waals surface area contributed by atoms with E-state index in [2.05, 4.69) is 14.7 Å². The van der Waals surface area contributed by atoms with E-state index in [0.29, 0.717) is 36.7 Å². The summed E-state index contributed by atoms with van der Waals surface area (Å²) in [4.78, 5) is 10.3. The predicted octanol–water partition coefficient (Wildman–Crippen LogP) is 4.80. The van der Waals surface area contributed by atoms with E-state index in [0.717, 1.165) is 6.21 Å². The highest BCUT2D eigenvalue weighted by Gasteiger charge is 2.19. The van der Waals surface area contributed by atoms with Gasteiger partial charge >= 0.3 is 6.61 Å². The largest absolute Gasteiger partial charge is 0.435 e. The first-order valence-corrected chi connectivity index (χ1v) is 10.5. The number of hydrogen-bond acceptors (Lipinski definition) is 6. The first kappa shape index (κ1) is 25.9. The highest BCUT2D eigenvalue weighted by molar-refractivity contribution is 6.15. The van der Waals surface area contributed by atoms with Crippen LogP contribution in [0.5, 0.6) is 5.75 Å². The van der Waals surface area contributed by atoms with Crippen molar-refractivity contribution in [3.05, 3.63) is 53.9 Å². The number of amidine groups is 1. The molecule has 0 radical (unpaired) electrons. The lowest BCUT2D eigenvalue weighted by atomic mass is 10.1. The van der Waals surface area contributed by atoms with Gasteiger partial charge in [0.25, 0.3) is 0 Å². The minimum Gasteiger partial charge on any atom is -0.435 e. The third-order valence-corrected chi connectivity index (χ3v) is 4.48. The molecule has 178 valence electrons. The van der Waals surface area contributed by atoms with Crippen LogP contribution in [0.1, 0.15) is 26.3 Å². The molecule has 0 aliphatic carbocycles. The van der Waals surface area contributed by atoms with Crippen molar-refractivity contribution in [1.29, 1.82) is 5.41 Å². The van der Waals surface area contributed by atoms with Gasteiger partial charge in [0.2, 0.25) is 0 Å². The molecule has 3 N–H and O–H groups in total. The molecule has 1 aliphatic rings. The normalized spacial score (nSPS) is 16.8. The van der Waals surface area contributed by atoms with Crippen LogP contribution >= 0.6 is 0 Å². The monoisotopic (exact) mass is 463 g/mol. The molecule has 1 aliphatic heterocycles. The molecule has 0 spiro atoms. The highest BCUT2D eigenvalue weighted by Crippen LogP contribution is 2.23. The number of aliphatic imine (C=N–C) groups is 1. The van der Waals surface area contributed by atoms with Gasteiger partial charge in [-0.15, -0.1) is 0 Å². The summed E-state index contributed by atoms with van der Waals surface area (Å²) in [5, 5.41) is 7.60. The Kier molecular flexibility index (Phi) is 9.86. The zero-order valence-electron chi connectivity index (χ0n) is 18.8. The third kappa shape index (κ3) is 7.60. The third-order valence-electron chi connectivity index (χ3n) is 4.48. The van der Waals surface area contributed by atoms with Gasteiger partial charge in [0, 0.05) is 24.9 Å². The highest BCUT2D eigenvalue weighted by atomic mass is 19.3. The number of ether oxygens (including phenoxy) is 2. The average molecular weight is 464 g/mol. The quantitative estimate of drug-likeness (QED) is 0.454. The second kappa shape index (κ2) is 12.6. The molecule has 1 saturated heterocycles. The minimum atomic E-state index is -2.93. The number of rotatable bonds is 7. The smallest absolute Gasteiger partial charge is 0.387 e. The number of nitrogens with one attached hydrogen (secondary N) is 1. The van der Waals surface area contributed by atoms with Crippen LogP contribution in [-0.2, 0) is 4.74 Å². The van der Waals surface area contributed by atoms with Crippen LogP contribution in [0.2, 0.25) is 0 Å². The maximum atomic E-state index is 14.3. The minimum absolute atomic E-state index is 0.00904. The topological polar surface area (TPSA) is 96.8 Å². The van der Waals surface area contributed by atoms with E-state index in [1.165, 1.54) is 36.4 Å². The number of hydrogen-bond donors (Lipinski definition) is 2. The van der Waals surface area contributed by atoms with E-state index in [-0.39, 0.29) is 23.5 Å². The molecule has 1 aromatic carbocycles. The van der Waals surface area contributed by atoms with Crippen LogP contribution in [0.25, 0.3) is 5.57 Å². The number of pyridine rings is 1. The molecule has 1 unspecified atom stereocenters. The van der Waals surface area contributed by atoms with Crippen molar-refractivity contribution in [3.8, 4) is 5.75 Å². The molecule has 1 atom stereocenters. The molecule has 33 heavy (non-hydrogen) atoms. The average Bonchev–Trinajstić information content (AvgIpc) is 2.80. The molecule has 0 bridgehead atoms.